The highest BCUT2D eigenvalue weighted by Gasteiger charge is 2.10. The van der Waals surface area contributed by atoms with Crippen LogP contribution in [-0.2, 0) is 11.3 Å². The first kappa shape index (κ1) is 18.5. The third-order valence-electron chi connectivity index (χ3n) is 4.26. The fourth-order valence-electron chi connectivity index (χ4n) is 2.80. The molecule has 3 rings (SSSR count). The van der Waals surface area contributed by atoms with E-state index in [0.717, 1.165) is 28.1 Å². The first-order valence-corrected chi connectivity index (χ1v) is 8.73. The second-order valence-electron chi connectivity index (χ2n) is 6.40. The molecule has 5 heteroatoms. The van der Waals surface area contributed by atoms with E-state index in [0.29, 0.717) is 6.54 Å². The molecular weight excluding hydrogens is 338 g/mol. The summed E-state index contributed by atoms with van der Waals surface area (Å²) in [6.45, 7) is 2.51. The minimum Gasteiger partial charge on any atom is -0.496 e. The fraction of sp³-hybridized carbons (Fsp3) is 0.182. The third-order valence-corrected chi connectivity index (χ3v) is 4.26. The smallest absolute Gasteiger partial charge is 0.246 e. The molecule has 0 unspecified atom stereocenters. The predicted octanol–water partition coefficient (Wildman–Crippen LogP) is 3.86. The number of carbonyl (C=O) groups excluding carboxylic acids is 1. The summed E-state index contributed by atoms with van der Waals surface area (Å²) < 4.78 is 7.17. The lowest BCUT2D eigenvalue weighted by atomic mass is 10.1. The number of aryl methyl sites for hydroxylation is 1. The molecule has 2 aromatic carbocycles. The Morgan fingerprint density at radius 3 is 2.74 bits per heavy atom. The van der Waals surface area contributed by atoms with Crippen LogP contribution in [-0.4, -0.2) is 34.7 Å². The maximum atomic E-state index is 12.5. The maximum Gasteiger partial charge on any atom is 0.246 e. The van der Waals surface area contributed by atoms with E-state index in [1.807, 2.05) is 61.7 Å². The largest absolute Gasteiger partial charge is 0.496 e. The number of likely N-dealkylation sites (N-methyl/N-ethyl adjacent to an activating group) is 1. The minimum absolute atomic E-state index is 0.0778. The van der Waals surface area contributed by atoms with Gasteiger partial charge in [0.2, 0.25) is 5.91 Å². The predicted molar refractivity (Wildman–Crippen MR) is 107 cm³/mol. The zero-order valence-corrected chi connectivity index (χ0v) is 15.8. The molecule has 0 radical (unpaired) electrons. The Bertz CT molecular complexity index is 945. The molecule has 0 atom stereocenters. The van der Waals surface area contributed by atoms with E-state index in [4.69, 9.17) is 4.74 Å². The highest BCUT2D eigenvalue weighted by molar-refractivity contribution is 5.91. The van der Waals surface area contributed by atoms with E-state index < -0.39 is 0 Å². The summed E-state index contributed by atoms with van der Waals surface area (Å²) in [6, 6.07) is 15.8. The van der Waals surface area contributed by atoms with Crippen molar-refractivity contribution in [2.45, 2.75) is 13.5 Å². The molecule has 1 aromatic heterocycles. The molecule has 1 heterocycles. The third kappa shape index (κ3) is 4.64. The number of amides is 1. The van der Waals surface area contributed by atoms with Crippen LogP contribution in [0.25, 0.3) is 11.8 Å². The van der Waals surface area contributed by atoms with Gasteiger partial charge in [-0.3, -0.25) is 4.79 Å². The fourth-order valence-corrected chi connectivity index (χ4v) is 2.80. The lowest BCUT2D eigenvalue weighted by Gasteiger charge is -2.17. The Kier molecular flexibility index (Phi) is 5.71. The normalized spacial score (nSPS) is 10.9. The number of hydrogen-bond acceptors (Lipinski definition) is 3. The Morgan fingerprint density at radius 2 is 2.00 bits per heavy atom. The molecule has 0 fully saturated rings. The van der Waals surface area contributed by atoms with Crippen molar-refractivity contribution in [3.05, 3.63) is 83.7 Å². The molecule has 0 aliphatic heterocycles. The quantitative estimate of drug-likeness (QED) is 0.627. The van der Waals surface area contributed by atoms with Crippen LogP contribution in [0.4, 0.5) is 0 Å². The van der Waals surface area contributed by atoms with Gasteiger partial charge in [-0.15, -0.1) is 0 Å². The summed E-state index contributed by atoms with van der Waals surface area (Å²) in [5.41, 5.74) is 3.97. The van der Waals surface area contributed by atoms with Crippen LogP contribution in [0.3, 0.4) is 0 Å². The second kappa shape index (κ2) is 8.36. The van der Waals surface area contributed by atoms with E-state index in [1.54, 1.807) is 42.1 Å². The van der Waals surface area contributed by atoms with Gasteiger partial charge in [-0.05, 0) is 31.2 Å². The Labute approximate surface area is 159 Å². The zero-order chi connectivity index (χ0) is 19.2. The molecular formula is C22H23N3O2. The number of aromatic nitrogens is 2. The molecule has 0 bridgehead atoms. The monoisotopic (exact) mass is 361 g/mol. The Balaban J connectivity index is 1.66. The molecule has 27 heavy (non-hydrogen) atoms. The highest BCUT2D eigenvalue weighted by atomic mass is 16.5. The lowest BCUT2D eigenvalue weighted by molar-refractivity contribution is -0.125. The van der Waals surface area contributed by atoms with Crippen LogP contribution in [0.1, 0.15) is 16.7 Å². The van der Waals surface area contributed by atoms with Crippen LogP contribution in [0.2, 0.25) is 0 Å². The number of benzene rings is 2. The van der Waals surface area contributed by atoms with Crippen LogP contribution in [0.5, 0.6) is 5.75 Å². The average Bonchev–Trinajstić information content (AvgIpc) is 3.16. The SMILES string of the molecule is COc1ccc(C)cc1CN(C)C(=O)/C=C/c1cnn(-c2ccccc2)c1. The number of ether oxygens (including phenoxy) is 1. The molecule has 0 saturated carbocycles. The number of hydrogen-bond donors (Lipinski definition) is 0. The van der Waals surface area contributed by atoms with Gasteiger partial charge in [0.15, 0.2) is 0 Å². The van der Waals surface area contributed by atoms with E-state index in [1.165, 1.54) is 0 Å². The van der Waals surface area contributed by atoms with Gasteiger partial charge in [-0.25, -0.2) is 4.68 Å². The van der Waals surface area contributed by atoms with E-state index in [-0.39, 0.29) is 5.91 Å². The van der Waals surface area contributed by atoms with Crippen LogP contribution >= 0.6 is 0 Å². The van der Waals surface area contributed by atoms with E-state index in [9.17, 15) is 4.79 Å². The zero-order valence-electron chi connectivity index (χ0n) is 15.8. The van der Waals surface area contributed by atoms with Gasteiger partial charge in [0.25, 0.3) is 0 Å². The van der Waals surface area contributed by atoms with E-state index >= 15 is 0 Å². The van der Waals surface area contributed by atoms with Gasteiger partial charge in [0.1, 0.15) is 5.75 Å². The summed E-state index contributed by atoms with van der Waals surface area (Å²) in [6.07, 6.45) is 6.97. The number of nitrogens with zero attached hydrogens (tertiary/aromatic N) is 3. The van der Waals surface area contributed by atoms with Crippen molar-refractivity contribution >= 4 is 12.0 Å². The van der Waals surface area contributed by atoms with Gasteiger partial charge in [-0.2, -0.15) is 5.10 Å². The first-order valence-electron chi connectivity index (χ1n) is 8.73. The summed E-state index contributed by atoms with van der Waals surface area (Å²) in [4.78, 5) is 14.1. The van der Waals surface area contributed by atoms with Gasteiger partial charge >= 0.3 is 0 Å². The molecule has 138 valence electrons. The van der Waals surface area contributed by atoms with Crippen molar-refractivity contribution in [2.75, 3.05) is 14.2 Å². The minimum atomic E-state index is -0.0778. The number of methoxy groups -OCH3 is 1. The van der Waals surface area contributed by atoms with Crippen molar-refractivity contribution in [3.8, 4) is 11.4 Å². The summed E-state index contributed by atoms with van der Waals surface area (Å²) in [5, 5.41) is 4.33. The molecule has 1 amide bonds. The topological polar surface area (TPSA) is 47.4 Å². The molecule has 0 N–H and O–H groups in total. The second-order valence-corrected chi connectivity index (χ2v) is 6.40. The molecule has 5 nitrogen and oxygen atoms in total. The Hall–Kier alpha value is -3.34. The maximum absolute atomic E-state index is 12.5. The highest BCUT2D eigenvalue weighted by Crippen LogP contribution is 2.21. The van der Waals surface area contributed by atoms with Crippen LogP contribution in [0, 0.1) is 6.92 Å². The van der Waals surface area contributed by atoms with Crippen molar-refractivity contribution < 1.29 is 9.53 Å². The first-order chi connectivity index (χ1) is 13.1. The van der Waals surface area contributed by atoms with Crippen molar-refractivity contribution in [1.29, 1.82) is 0 Å². The Morgan fingerprint density at radius 1 is 1.22 bits per heavy atom. The summed E-state index contributed by atoms with van der Waals surface area (Å²) >= 11 is 0. The molecule has 0 spiro atoms. The molecule has 3 aromatic rings. The van der Waals surface area contributed by atoms with Crippen LogP contribution in [0.15, 0.2) is 67.0 Å². The lowest BCUT2D eigenvalue weighted by Crippen LogP contribution is -2.24. The number of para-hydroxylation sites is 1. The van der Waals surface area contributed by atoms with E-state index in [2.05, 4.69) is 5.10 Å². The number of rotatable bonds is 6. The van der Waals surface area contributed by atoms with Gasteiger partial charge in [-0.1, -0.05) is 35.9 Å². The number of carbonyl (C=O) groups is 1. The molecule has 0 saturated heterocycles. The van der Waals surface area contributed by atoms with Crippen molar-refractivity contribution in [1.82, 2.24) is 14.7 Å². The standard InChI is InChI=1S/C22H23N3O2/c1-17-9-11-21(27-3)19(13-17)16-24(2)22(26)12-10-18-14-23-25(15-18)20-7-5-4-6-8-20/h4-15H,16H2,1-3H3/b12-10+. The summed E-state index contributed by atoms with van der Waals surface area (Å²) in [7, 11) is 3.42. The van der Waals surface area contributed by atoms with Gasteiger partial charge in [0.05, 0.1) is 19.0 Å². The van der Waals surface area contributed by atoms with Gasteiger partial charge in [0, 0.05) is 37.0 Å². The average molecular weight is 361 g/mol. The van der Waals surface area contributed by atoms with Crippen molar-refractivity contribution in [2.24, 2.45) is 0 Å². The molecule has 0 aliphatic carbocycles. The summed E-state index contributed by atoms with van der Waals surface area (Å²) in [5.74, 6) is 0.708. The van der Waals surface area contributed by atoms with Crippen LogP contribution < -0.4 is 4.74 Å². The molecule has 0 aliphatic rings. The van der Waals surface area contributed by atoms with Gasteiger partial charge < -0.3 is 9.64 Å². The van der Waals surface area contributed by atoms with Crippen molar-refractivity contribution in [3.63, 3.8) is 0 Å².